The van der Waals surface area contributed by atoms with Gasteiger partial charge in [0.1, 0.15) is 0 Å². The summed E-state index contributed by atoms with van der Waals surface area (Å²) in [6.45, 7) is 0.116. The third-order valence-corrected chi connectivity index (χ3v) is 2.41. The van der Waals surface area contributed by atoms with E-state index in [1.165, 1.54) is 14.2 Å². The number of ether oxygens (including phenoxy) is 4. The predicted molar refractivity (Wildman–Crippen MR) is 74.3 cm³/mol. The topological polar surface area (TPSA) is 83.1 Å². The summed E-state index contributed by atoms with van der Waals surface area (Å²) < 4.78 is 19.9. The molecule has 0 aliphatic rings. The van der Waals surface area contributed by atoms with Crippen molar-refractivity contribution in [3.63, 3.8) is 0 Å². The molecule has 0 heterocycles. The van der Waals surface area contributed by atoms with Crippen LogP contribution in [0.1, 0.15) is 0 Å². The Balaban J connectivity index is 2.26. The highest BCUT2D eigenvalue weighted by Gasteiger charge is 2.10. The molecule has 0 unspecified atom stereocenters. The molecule has 1 amide bonds. The first kappa shape index (κ1) is 16.8. The molecular weight excluding hydrogens is 278 g/mol. The van der Waals surface area contributed by atoms with Gasteiger partial charge in [-0.1, -0.05) is 12.1 Å². The largest absolute Gasteiger partial charge is 0.493 e. The molecule has 21 heavy (non-hydrogen) atoms. The zero-order valence-corrected chi connectivity index (χ0v) is 12.1. The van der Waals surface area contributed by atoms with Crippen LogP contribution >= 0.6 is 0 Å². The monoisotopic (exact) mass is 297 g/mol. The van der Waals surface area contributed by atoms with E-state index < -0.39 is 11.9 Å². The fourth-order valence-electron chi connectivity index (χ4n) is 1.41. The van der Waals surface area contributed by atoms with Gasteiger partial charge >= 0.3 is 5.97 Å². The van der Waals surface area contributed by atoms with Crippen LogP contribution in [0.4, 0.5) is 0 Å². The van der Waals surface area contributed by atoms with Gasteiger partial charge < -0.3 is 24.3 Å². The predicted octanol–water partition coefficient (Wildman–Crippen LogP) is 0.380. The average molecular weight is 297 g/mol. The fraction of sp³-hybridized carbons (Fsp3) is 0.429. The maximum atomic E-state index is 11.5. The highest BCUT2D eigenvalue weighted by Crippen LogP contribution is 2.25. The molecule has 1 N–H and O–H groups in total. The summed E-state index contributed by atoms with van der Waals surface area (Å²) in [5, 5.41) is 2.53. The normalized spacial score (nSPS) is 9.81. The highest BCUT2D eigenvalue weighted by atomic mass is 16.6. The number of carbonyl (C=O) groups excluding carboxylic acids is 2. The molecule has 1 rings (SSSR count). The Morgan fingerprint density at radius 2 is 1.81 bits per heavy atom. The Hall–Kier alpha value is -2.28. The second-order valence-corrected chi connectivity index (χ2v) is 3.94. The Bertz CT molecular complexity index is 463. The summed E-state index contributed by atoms with van der Waals surface area (Å²) in [5.41, 5.74) is 0. The van der Waals surface area contributed by atoms with E-state index in [1.54, 1.807) is 24.3 Å². The Morgan fingerprint density at radius 1 is 1.10 bits per heavy atom. The Labute approximate surface area is 123 Å². The van der Waals surface area contributed by atoms with Gasteiger partial charge in [-0.3, -0.25) is 4.79 Å². The summed E-state index contributed by atoms with van der Waals surface area (Å²) in [4.78, 5) is 22.7. The molecule has 0 aliphatic carbocycles. The van der Waals surface area contributed by atoms with Crippen molar-refractivity contribution in [2.45, 2.75) is 0 Å². The third kappa shape index (κ3) is 6.62. The lowest BCUT2D eigenvalue weighted by Gasteiger charge is -2.10. The molecular formula is C14H19NO6. The van der Waals surface area contributed by atoms with Crippen molar-refractivity contribution >= 4 is 11.9 Å². The van der Waals surface area contributed by atoms with Crippen LogP contribution in [0.3, 0.4) is 0 Å². The van der Waals surface area contributed by atoms with E-state index >= 15 is 0 Å². The Kier molecular flexibility index (Phi) is 7.67. The molecule has 0 saturated carbocycles. The minimum absolute atomic E-state index is 0.300. The minimum Gasteiger partial charge on any atom is -0.493 e. The van der Waals surface area contributed by atoms with Gasteiger partial charge in [-0.15, -0.1) is 0 Å². The SMILES string of the molecule is COCCNC(=O)COC(=O)COc1ccccc1OC. The van der Waals surface area contributed by atoms with E-state index in [1.807, 2.05) is 0 Å². The number of carbonyl (C=O) groups is 2. The fourth-order valence-corrected chi connectivity index (χ4v) is 1.41. The number of hydrogen-bond donors (Lipinski definition) is 1. The number of rotatable bonds is 9. The van der Waals surface area contributed by atoms with Crippen LogP contribution in [0, 0.1) is 0 Å². The molecule has 7 nitrogen and oxygen atoms in total. The van der Waals surface area contributed by atoms with E-state index in [0.717, 1.165) is 0 Å². The van der Waals surface area contributed by atoms with Crippen molar-refractivity contribution in [2.24, 2.45) is 0 Å². The van der Waals surface area contributed by atoms with Crippen molar-refractivity contribution in [3.05, 3.63) is 24.3 Å². The molecule has 0 saturated heterocycles. The molecule has 0 bridgehead atoms. The standard InChI is InChI=1S/C14H19NO6/c1-18-8-7-15-13(16)9-21-14(17)10-20-12-6-4-3-5-11(12)19-2/h3-6H,7-10H2,1-2H3,(H,15,16). The van der Waals surface area contributed by atoms with Gasteiger partial charge in [0, 0.05) is 13.7 Å². The number of esters is 1. The molecule has 0 aromatic heterocycles. The first-order valence-corrected chi connectivity index (χ1v) is 6.34. The summed E-state index contributed by atoms with van der Waals surface area (Å²) in [7, 11) is 3.03. The number of benzene rings is 1. The zero-order chi connectivity index (χ0) is 15.5. The summed E-state index contributed by atoms with van der Waals surface area (Å²) in [6.07, 6.45) is 0. The maximum Gasteiger partial charge on any atom is 0.344 e. The van der Waals surface area contributed by atoms with Crippen LogP contribution in [0.15, 0.2) is 24.3 Å². The van der Waals surface area contributed by atoms with Gasteiger partial charge in [0.05, 0.1) is 13.7 Å². The van der Waals surface area contributed by atoms with E-state index in [-0.39, 0.29) is 13.2 Å². The second-order valence-electron chi connectivity index (χ2n) is 3.94. The summed E-state index contributed by atoms with van der Waals surface area (Å²) >= 11 is 0. The van der Waals surface area contributed by atoms with Crippen molar-refractivity contribution in [3.8, 4) is 11.5 Å². The quantitative estimate of drug-likeness (QED) is 0.524. The Morgan fingerprint density at radius 3 is 2.48 bits per heavy atom. The average Bonchev–Trinajstić information content (AvgIpc) is 2.51. The lowest BCUT2D eigenvalue weighted by atomic mass is 10.3. The van der Waals surface area contributed by atoms with Crippen molar-refractivity contribution in [1.82, 2.24) is 5.32 Å². The van der Waals surface area contributed by atoms with Crippen molar-refractivity contribution in [2.75, 3.05) is 40.6 Å². The van der Waals surface area contributed by atoms with Gasteiger partial charge in [0.25, 0.3) is 5.91 Å². The molecule has 1 aromatic carbocycles. The highest BCUT2D eigenvalue weighted by molar-refractivity contribution is 5.80. The van der Waals surface area contributed by atoms with Gasteiger partial charge in [-0.2, -0.15) is 0 Å². The molecule has 1 aromatic rings. The molecule has 0 fully saturated rings. The van der Waals surface area contributed by atoms with Gasteiger partial charge in [0.15, 0.2) is 24.7 Å². The molecule has 116 valence electrons. The number of amides is 1. The van der Waals surface area contributed by atoms with Gasteiger partial charge in [-0.25, -0.2) is 4.79 Å². The molecule has 0 radical (unpaired) electrons. The van der Waals surface area contributed by atoms with E-state index in [4.69, 9.17) is 18.9 Å². The van der Waals surface area contributed by atoms with Crippen LogP contribution < -0.4 is 14.8 Å². The van der Waals surface area contributed by atoms with Crippen LogP contribution in [0.25, 0.3) is 0 Å². The molecule has 0 spiro atoms. The number of hydrogen-bond acceptors (Lipinski definition) is 6. The van der Waals surface area contributed by atoms with Crippen molar-refractivity contribution in [1.29, 1.82) is 0 Å². The lowest BCUT2D eigenvalue weighted by Crippen LogP contribution is -2.32. The summed E-state index contributed by atoms with van der Waals surface area (Å²) in [6, 6.07) is 6.92. The van der Waals surface area contributed by atoms with E-state index in [0.29, 0.717) is 24.7 Å². The molecule has 0 aliphatic heterocycles. The molecule has 7 heteroatoms. The van der Waals surface area contributed by atoms with Gasteiger partial charge in [0.2, 0.25) is 0 Å². The number of nitrogens with one attached hydrogen (secondary N) is 1. The van der Waals surface area contributed by atoms with Gasteiger partial charge in [-0.05, 0) is 12.1 Å². The van der Waals surface area contributed by atoms with E-state index in [9.17, 15) is 9.59 Å². The first-order chi connectivity index (χ1) is 10.2. The van der Waals surface area contributed by atoms with Crippen molar-refractivity contribution < 1.29 is 28.5 Å². The first-order valence-electron chi connectivity index (χ1n) is 6.34. The molecule has 0 atom stereocenters. The zero-order valence-electron chi connectivity index (χ0n) is 12.1. The minimum atomic E-state index is -0.636. The smallest absolute Gasteiger partial charge is 0.344 e. The maximum absolute atomic E-state index is 11.5. The third-order valence-electron chi connectivity index (χ3n) is 2.41. The second kappa shape index (κ2) is 9.60. The van der Waals surface area contributed by atoms with Crippen LogP contribution in [-0.4, -0.2) is 52.5 Å². The van der Waals surface area contributed by atoms with Crippen LogP contribution in [-0.2, 0) is 19.1 Å². The van der Waals surface area contributed by atoms with E-state index in [2.05, 4.69) is 5.32 Å². The van der Waals surface area contributed by atoms with Crippen LogP contribution in [0.5, 0.6) is 11.5 Å². The number of para-hydroxylation sites is 2. The number of methoxy groups -OCH3 is 2. The lowest BCUT2D eigenvalue weighted by molar-refractivity contribution is -0.150. The van der Waals surface area contributed by atoms with Crippen LogP contribution in [0.2, 0.25) is 0 Å². The summed E-state index contributed by atoms with van der Waals surface area (Å²) in [5.74, 6) is -0.0791.